The number of likely N-dealkylation sites (N-methyl/N-ethyl adjacent to an activating group) is 1. The molecule has 2 heterocycles. The first-order chi connectivity index (χ1) is 15.0. The fourth-order valence-electron chi connectivity index (χ4n) is 3.61. The summed E-state index contributed by atoms with van der Waals surface area (Å²) in [6.45, 7) is 8.32. The van der Waals surface area contributed by atoms with Crippen LogP contribution in [0.1, 0.15) is 11.1 Å². The lowest BCUT2D eigenvalue weighted by atomic mass is 10.2. The minimum absolute atomic E-state index is 0.555. The molecule has 0 spiro atoms. The standard InChI is InChI=1S/C24H30N6O/c1-17-5-6-20(15-22(17)31-4)26-23-18(2)16-25-24(28-23)27-19-7-9-21(10-8-19)30-13-11-29(3)12-14-30/h5-10,15-16H,11-14H2,1-4H3,(H2,25,26,27,28). The number of nitrogens with one attached hydrogen (secondary N) is 2. The summed E-state index contributed by atoms with van der Waals surface area (Å²) >= 11 is 0. The van der Waals surface area contributed by atoms with Gasteiger partial charge in [0.05, 0.1) is 7.11 Å². The predicted octanol–water partition coefficient (Wildman–Crippen LogP) is 4.34. The average Bonchev–Trinajstić information content (AvgIpc) is 2.78. The Morgan fingerprint density at radius 3 is 2.29 bits per heavy atom. The van der Waals surface area contributed by atoms with Crippen LogP contribution in [0.5, 0.6) is 5.75 Å². The van der Waals surface area contributed by atoms with Crippen molar-refractivity contribution < 1.29 is 4.74 Å². The van der Waals surface area contributed by atoms with Crippen molar-refractivity contribution in [2.45, 2.75) is 13.8 Å². The molecule has 162 valence electrons. The Bertz CT molecular complexity index is 1030. The Morgan fingerprint density at radius 2 is 1.58 bits per heavy atom. The molecule has 0 amide bonds. The minimum atomic E-state index is 0.555. The zero-order chi connectivity index (χ0) is 21.8. The van der Waals surface area contributed by atoms with Crippen LogP contribution >= 0.6 is 0 Å². The lowest BCUT2D eigenvalue weighted by molar-refractivity contribution is 0.313. The molecule has 7 heteroatoms. The molecule has 0 unspecified atom stereocenters. The maximum atomic E-state index is 5.42. The first-order valence-electron chi connectivity index (χ1n) is 10.6. The number of hydrogen-bond donors (Lipinski definition) is 2. The number of aryl methyl sites for hydroxylation is 2. The number of aromatic nitrogens is 2. The van der Waals surface area contributed by atoms with Crippen LogP contribution in [0, 0.1) is 13.8 Å². The first-order valence-corrected chi connectivity index (χ1v) is 10.6. The van der Waals surface area contributed by atoms with E-state index in [1.165, 1.54) is 5.69 Å². The number of nitrogens with zero attached hydrogens (tertiary/aromatic N) is 4. The van der Waals surface area contributed by atoms with Gasteiger partial charge in [0.25, 0.3) is 0 Å². The van der Waals surface area contributed by atoms with Crippen molar-refractivity contribution in [3.8, 4) is 5.75 Å². The van der Waals surface area contributed by atoms with E-state index in [2.05, 4.69) is 61.7 Å². The molecule has 3 aromatic rings. The SMILES string of the molecule is COc1cc(Nc2nc(Nc3ccc(N4CCN(C)CC4)cc3)ncc2C)ccc1C. The number of methoxy groups -OCH3 is 1. The molecule has 2 aromatic carbocycles. The molecule has 0 radical (unpaired) electrons. The van der Waals surface area contributed by atoms with E-state index in [-0.39, 0.29) is 0 Å². The number of benzene rings is 2. The van der Waals surface area contributed by atoms with Gasteiger partial charge in [-0.1, -0.05) is 6.07 Å². The molecule has 4 rings (SSSR count). The van der Waals surface area contributed by atoms with Gasteiger partial charge in [-0.3, -0.25) is 0 Å². The highest BCUT2D eigenvalue weighted by Crippen LogP contribution is 2.26. The van der Waals surface area contributed by atoms with Crippen molar-refractivity contribution in [3.05, 3.63) is 59.8 Å². The molecule has 1 saturated heterocycles. The summed E-state index contributed by atoms with van der Waals surface area (Å²) in [7, 11) is 3.85. The summed E-state index contributed by atoms with van der Waals surface area (Å²) in [6.07, 6.45) is 1.82. The third-order valence-corrected chi connectivity index (χ3v) is 5.63. The fourth-order valence-corrected chi connectivity index (χ4v) is 3.61. The second kappa shape index (κ2) is 9.22. The summed E-state index contributed by atoms with van der Waals surface area (Å²) in [6, 6.07) is 14.5. The van der Waals surface area contributed by atoms with Crippen molar-refractivity contribution in [2.24, 2.45) is 0 Å². The van der Waals surface area contributed by atoms with Gasteiger partial charge in [0.1, 0.15) is 11.6 Å². The molecule has 0 bridgehead atoms. The Kier molecular flexibility index (Phi) is 6.23. The highest BCUT2D eigenvalue weighted by molar-refractivity contribution is 5.64. The van der Waals surface area contributed by atoms with Gasteiger partial charge in [0.2, 0.25) is 5.95 Å². The van der Waals surface area contributed by atoms with Crippen LogP contribution in [0.3, 0.4) is 0 Å². The minimum Gasteiger partial charge on any atom is -0.496 e. The normalized spacial score (nSPS) is 14.4. The van der Waals surface area contributed by atoms with E-state index >= 15 is 0 Å². The van der Waals surface area contributed by atoms with E-state index in [1.807, 2.05) is 38.2 Å². The molecule has 1 aromatic heterocycles. The zero-order valence-electron chi connectivity index (χ0n) is 18.6. The summed E-state index contributed by atoms with van der Waals surface area (Å²) in [5, 5.41) is 6.69. The lowest BCUT2D eigenvalue weighted by Crippen LogP contribution is -2.44. The molecule has 7 nitrogen and oxygen atoms in total. The van der Waals surface area contributed by atoms with Crippen molar-refractivity contribution in [1.29, 1.82) is 0 Å². The van der Waals surface area contributed by atoms with E-state index in [0.29, 0.717) is 5.95 Å². The van der Waals surface area contributed by atoms with Gasteiger partial charge in [-0.05, 0) is 56.8 Å². The van der Waals surface area contributed by atoms with Gasteiger partial charge in [-0.25, -0.2) is 4.98 Å². The van der Waals surface area contributed by atoms with Gasteiger partial charge < -0.3 is 25.2 Å². The van der Waals surface area contributed by atoms with Crippen LogP contribution in [0.15, 0.2) is 48.7 Å². The summed E-state index contributed by atoms with van der Waals surface area (Å²) in [4.78, 5) is 13.9. The van der Waals surface area contributed by atoms with Gasteiger partial charge in [-0.15, -0.1) is 0 Å². The van der Waals surface area contributed by atoms with Gasteiger partial charge in [0, 0.05) is 61.1 Å². The quantitative estimate of drug-likeness (QED) is 0.617. The van der Waals surface area contributed by atoms with Crippen molar-refractivity contribution in [1.82, 2.24) is 14.9 Å². The van der Waals surface area contributed by atoms with Crippen LogP contribution in [0.25, 0.3) is 0 Å². The van der Waals surface area contributed by atoms with Crippen LogP contribution in [-0.2, 0) is 0 Å². The summed E-state index contributed by atoms with van der Waals surface area (Å²) in [5.74, 6) is 2.16. The summed E-state index contributed by atoms with van der Waals surface area (Å²) < 4.78 is 5.42. The molecule has 1 fully saturated rings. The number of piperazine rings is 1. The number of ether oxygens (including phenoxy) is 1. The Labute approximate surface area is 184 Å². The van der Waals surface area contributed by atoms with E-state index in [4.69, 9.17) is 4.74 Å². The topological polar surface area (TPSA) is 65.6 Å². The van der Waals surface area contributed by atoms with E-state index in [9.17, 15) is 0 Å². The van der Waals surface area contributed by atoms with Gasteiger partial charge in [-0.2, -0.15) is 4.98 Å². The molecule has 0 atom stereocenters. The highest BCUT2D eigenvalue weighted by Gasteiger charge is 2.14. The van der Waals surface area contributed by atoms with Crippen LogP contribution in [-0.4, -0.2) is 55.2 Å². The molecule has 2 N–H and O–H groups in total. The molecule has 0 saturated carbocycles. The molecular weight excluding hydrogens is 388 g/mol. The Balaban J connectivity index is 1.46. The fraction of sp³-hybridized carbons (Fsp3) is 0.333. The smallest absolute Gasteiger partial charge is 0.229 e. The third-order valence-electron chi connectivity index (χ3n) is 5.63. The highest BCUT2D eigenvalue weighted by atomic mass is 16.5. The van der Waals surface area contributed by atoms with Crippen molar-refractivity contribution in [3.63, 3.8) is 0 Å². The van der Waals surface area contributed by atoms with Crippen LogP contribution in [0.4, 0.5) is 28.8 Å². The summed E-state index contributed by atoms with van der Waals surface area (Å²) in [5.41, 5.74) is 5.20. The van der Waals surface area contributed by atoms with E-state index < -0.39 is 0 Å². The zero-order valence-corrected chi connectivity index (χ0v) is 18.6. The van der Waals surface area contributed by atoms with Crippen molar-refractivity contribution >= 4 is 28.8 Å². The van der Waals surface area contributed by atoms with Gasteiger partial charge in [0.15, 0.2) is 0 Å². The number of rotatable bonds is 6. The molecular formula is C24H30N6O. The first kappa shape index (κ1) is 20.9. The Hall–Kier alpha value is -3.32. The second-order valence-electron chi connectivity index (χ2n) is 8.00. The monoisotopic (exact) mass is 418 g/mol. The number of hydrogen-bond acceptors (Lipinski definition) is 7. The molecule has 0 aliphatic carbocycles. The lowest BCUT2D eigenvalue weighted by Gasteiger charge is -2.34. The second-order valence-corrected chi connectivity index (χ2v) is 8.00. The van der Waals surface area contributed by atoms with E-state index in [0.717, 1.165) is 60.2 Å². The molecule has 1 aliphatic rings. The maximum Gasteiger partial charge on any atom is 0.229 e. The molecule has 31 heavy (non-hydrogen) atoms. The predicted molar refractivity (Wildman–Crippen MR) is 127 cm³/mol. The van der Waals surface area contributed by atoms with Gasteiger partial charge >= 0.3 is 0 Å². The van der Waals surface area contributed by atoms with Crippen LogP contribution in [0.2, 0.25) is 0 Å². The maximum absolute atomic E-state index is 5.42. The van der Waals surface area contributed by atoms with E-state index in [1.54, 1.807) is 7.11 Å². The van der Waals surface area contributed by atoms with Crippen molar-refractivity contribution in [2.75, 3.05) is 55.9 Å². The molecule has 1 aliphatic heterocycles. The Morgan fingerprint density at radius 1 is 0.871 bits per heavy atom. The number of anilines is 5. The van der Waals surface area contributed by atoms with Crippen LogP contribution < -0.4 is 20.3 Å². The third kappa shape index (κ3) is 5.06. The largest absolute Gasteiger partial charge is 0.496 e. The average molecular weight is 419 g/mol.